The monoisotopic (exact) mass is 324 g/mol. The fraction of sp³-hybridized carbons (Fsp3) is 0.267. The van der Waals surface area contributed by atoms with Crippen LogP contribution in [0.5, 0.6) is 0 Å². The predicted octanol–water partition coefficient (Wildman–Crippen LogP) is 3.55. The van der Waals surface area contributed by atoms with Crippen LogP contribution in [0.25, 0.3) is 0 Å². The number of benzene rings is 1. The number of rotatable bonds is 6. The molecule has 0 fully saturated rings. The molecule has 1 aromatic heterocycles. The molecule has 0 aliphatic heterocycles. The van der Waals surface area contributed by atoms with Gasteiger partial charge >= 0.3 is 0 Å². The summed E-state index contributed by atoms with van der Waals surface area (Å²) in [6.07, 6.45) is 2.98. The summed E-state index contributed by atoms with van der Waals surface area (Å²) in [6, 6.07) is 12.1. The van der Waals surface area contributed by atoms with Gasteiger partial charge in [-0.2, -0.15) is 0 Å². The largest absolute Gasteiger partial charge is 0.244 e. The fourth-order valence-corrected chi connectivity index (χ4v) is 3.58. The van der Waals surface area contributed by atoms with E-state index in [0.717, 1.165) is 18.4 Å². The zero-order valence-electron chi connectivity index (χ0n) is 11.7. The van der Waals surface area contributed by atoms with E-state index >= 15 is 0 Å². The Balaban J connectivity index is 2.28. The maximum Gasteiger partial charge on any atom is 0.241 e. The maximum atomic E-state index is 12.4. The Labute approximate surface area is 130 Å². The van der Waals surface area contributed by atoms with E-state index in [1.165, 1.54) is 18.3 Å². The molecule has 112 valence electrons. The molecule has 21 heavy (non-hydrogen) atoms. The molecule has 0 aliphatic rings. The Morgan fingerprint density at radius 2 is 1.95 bits per heavy atom. The molecule has 1 heterocycles. The first-order chi connectivity index (χ1) is 10.0. The first-order valence-electron chi connectivity index (χ1n) is 6.72. The molecule has 1 unspecified atom stereocenters. The van der Waals surface area contributed by atoms with E-state index in [1.54, 1.807) is 0 Å². The van der Waals surface area contributed by atoms with Crippen molar-refractivity contribution < 1.29 is 8.42 Å². The van der Waals surface area contributed by atoms with Crippen LogP contribution < -0.4 is 4.72 Å². The normalized spacial score (nSPS) is 13.0. The first kappa shape index (κ1) is 15.9. The summed E-state index contributed by atoms with van der Waals surface area (Å²) in [4.78, 5) is 3.92. The van der Waals surface area contributed by atoms with E-state index in [9.17, 15) is 8.42 Å². The maximum absolute atomic E-state index is 12.4. The molecule has 0 spiro atoms. The Morgan fingerprint density at radius 3 is 2.57 bits per heavy atom. The van der Waals surface area contributed by atoms with Gasteiger partial charge in [0.2, 0.25) is 10.0 Å². The average molecular weight is 325 g/mol. The molecule has 0 amide bonds. The minimum Gasteiger partial charge on any atom is -0.244 e. The van der Waals surface area contributed by atoms with Gasteiger partial charge in [0.05, 0.1) is 4.90 Å². The summed E-state index contributed by atoms with van der Waals surface area (Å²) < 4.78 is 27.6. The van der Waals surface area contributed by atoms with Crippen molar-refractivity contribution >= 4 is 21.6 Å². The first-order valence-corrected chi connectivity index (χ1v) is 8.58. The van der Waals surface area contributed by atoms with E-state index in [4.69, 9.17) is 11.6 Å². The second kappa shape index (κ2) is 7.02. The standard InChI is InChI=1S/C15H17ClN2O2S/c1-2-6-14(12-7-4-3-5-8-12)18-21(19,20)13-9-10-17-15(16)11-13/h3-5,7-11,14,18H,2,6H2,1H3. The predicted molar refractivity (Wildman–Crippen MR) is 83.7 cm³/mol. The van der Waals surface area contributed by atoms with Crippen LogP contribution in [0.2, 0.25) is 5.15 Å². The molecule has 1 aromatic carbocycles. The summed E-state index contributed by atoms with van der Waals surface area (Å²) in [7, 11) is -3.63. The molecule has 4 nitrogen and oxygen atoms in total. The molecule has 1 N–H and O–H groups in total. The van der Waals surface area contributed by atoms with Gasteiger partial charge in [-0.1, -0.05) is 55.3 Å². The van der Waals surface area contributed by atoms with Crippen molar-refractivity contribution in [2.24, 2.45) is 0 Å². The highest BCUT2D eigenvalue weighted by atomic mass is 35.5. The van der Waals surface area contributed by atoms with Crippen molar-refractivity contribution in [1.29, 1.82) is 0 Å². The second-order valence-corrected chi connectivity index (χ2v) is 6.79. The average Bonchev–Trinajstić information content (AvgIpc) is 2.47. The van der Waals surface area contributed by atoms with Crippen molar-refractivity contribution in [3.8, 4) is 0 Å². The molecule has 6 heteroatoms. The van der Waals surface area contributed by atoms with Gasteiger partial charge in [-0.15, -0.1) is 0 Å². The third-order valence-electron chi connectivity index (χ3n) is 3.09. The number of nitrogens with one attached hydrogen (secondary N) is 1. The van der Waals surface area contributed by atoms with Crippen molar-refractivity contribution in [2.45, 2.75) is 30.7 Å². The lowest BCUT2D eigenvalue weighted by atomic mass is 10.0. The Bertz CT molecular complexity index is 690. The third-order valence-corrected chi connectivity index (χ3v) is 4.76. The van der Waals surface area contributed by atoms with Crippen molar-refractivity contribution in [3.63, 3.8) is 0 Å². The lowest BCUT2D eigenvalue weighted by Gasteiger charge is -2.18. The highest BCUT2D eigenvalue weighted by Crippen LogP contribution is 2.22. The highest BCUT2D eigenvalue weighted by molar-refractivity contribution is 7.89. The van der Waals surface area contributed by atoms with Crippen LogP contribution >= 0.6 is 11.6 Å². The van der Waals surface area contributed by atoms with Gasteiger partial charge in [-0.3, -0.25) is 0 Å². The summed E-state index contributed by atoms with van der Waals surface area (Å²) in [6.45, 7) is 2.02. The van der Waals surface area contributed by atoms with Gasteiger partial charge < -0.3 is 0 Å². The number of pyridine rings is 1. The quantitative estimate of drug-likeness (QED) is 0.827. The van der Waals surface area contributed by atoms with Gasteiger partial charge in [-0.25, -0.2) is 18.1 Å². The third kappa shape index (κ3) is 4.27. The molecule has 2 aromatic rings. The van der Waals surface area contributed by atoms with Gasteiger partial charge in [0.1, 0.15) is 5.15 Å². The van der Waals surface area contributed by atoms with E-state index in [0.29, 0.717) is 0 Å². The van der Waals surface area contributed by atoms with E-state index in [1.807, 2.05) is 37.3 Å². The lowest BCUT2D eigenvalue weighted by molar-refractivity contribution is 0.536. The summed E-state index contributed by atoms with van der Waals surface area (Å²) in [5, 5.41) is 0.157. The van der Waals surface area contributed by atoms with Crippen molar-refractivity contribution in [3.05, 3.63) is 59.4 Å². The zero-order valence-corrected chi connectivity index (χ0v) is 13.2. The van der Waals surface area contributed by atoms with E-state index < -0.39 is 10.0 Å². The summed E-state index contributed by atoms with van der Waals surface area (Å²) in [5.74, 6) is 0. The van der Waals surface area contributed by atoms with Crippen LogP contribution in [-0.2, 0) is 10.0 Å². The Kier molecular flexibility index (Phi) is 5.33. The van der Waals surface area contributed by atoms with Gasteiger partial charge in [0.15, 0.2) is 0 Å². The highest BCUT2D eigenvalue weighted by Gasteiger charge is 2.21. The number of nitrogens with zero attached hydrogens (tertiary/aromatic N) is 1. The Hall–Kier alpha value is -1.43. The van der Waals surface area contributed by atoms with Crippen LogP contribution in [0, 0.1) is 0 Å². The summed E-state index contributed by atoms with van der Waals surface area (Å²) in [5.41, 5.74) is 0.947. The minimum absolute atomic E-state index is 0.125. The molecule has 0 saturated heterocycles. The van der Waals surface area contributed by atoms with E-state index in [2.05, 4.69) is 9.71 Å². The number of halogens is 1. The molecule has 0 radical (unpaired) electrons. The Morgan fingerprint density at radius 1 is 1.24 bits per heavy atom. The van der Waals surface area contributed by atoms with Crippen molar-refractivity contribution in [1.82, 2.24) is 9.71 Å². The fourth-order valence-electron chi connectivity index (χ4n) is 2.07. The minimum atomic E-state index is -3.63. The SMILES string of the molecule is CCCC(NS(=O)(=O)c1ccnc(Cl)c1)c1ccccc1. The molecular weight excluding hydrogens is 308 g/mol. The number of hydrogen-bond donors (Lipinski definition) is 1. The van der Waals surface area contributed by atoms with Crippen LogP contribution in [-0.4, -0.2) is 13.4 Å². The van der Waals surface area contributed by atoms with Crippen LogP contribution in [0.1, 0.15) is 31.4 Å². The van der Waals surface area contributed by atoms with Crippen molar-refractivity contribution in [2.75, 3.05) is 0 Å². The molecule has 0 saturated carbocycles. The van der Waals surface area contributed by atoms with Gasteiger partial charge in [0.25, 0.3) is 0 Å². The molecular formula is C15H17ClN2O2S. The second-order valence-electron chi connectivity index (χ2n) is 4.69. The van der Waals surface area contributed by atoms with Gasteiger partial charge in [0, 0.05) is 12.2 Å². The molecule has 2 rings (SSSR count). The smallest absolute Gasteiger partial charge is 0.241 e. The van der Waals surface area contributed by atoms with Gasteiger partial charge in [-0.05, 0) is 24.1 Å². The van der Waals surface area contributed by atoms with E-state index in [-0.39, 0.29) is 16.1 Å². The number of aromatic nitrogens is 1. The molecule has 1 atom stereocenters. The van der Waals surface area contributed by atoms with Crippen LogP contribution in [0.3, 0.4) is 0 Å². The summed E-state index contributed by atoms with van der Waals surface area (Å²) >= 11 is 5.76. The molecule has 0 bridgehead atoms. The zero-order chi connectivity index (χ0) is 15.3. The van der Waals surface area contributed by atoms with Crippen LogP contribution in [0.4, 0.5) is 0 Å². The lowest BCUT2D eigenvalue weighted by Crippen LogP contribution is -2.28. The molecule has 0 aliphatic carbocycles. The topological polar surface area (TPSA) is 59.1 Å². The van der Waals surface area contributed by atoms with Crippen LogP contribution in [0.15, 0.2) is 53.6 Å². The number of sulfonamides is 1. The number of hydrogen-bond acceptors (Lipinski definition) is 3.